The Morgan fingerprint density at radius 3 is 2.70 bits per heavy atom. The highest BCUT2D eigenvalue weighted by molar-refractivity contribution is 5.87. The zero-order valence-corrected chi connectivity index (χ0v) is 11.6. The molecule has 0 atom stereocenters. The number of likely N-dealkylation sites (tertiary alicyclic amines) is 1. The van der Waals surface area contributed by atoms with Gasteiger partial charge in [0.2, 0.25) is 0 Å². The number of carboxylic acid groups (broad SMARTS) is 1. The third kappa shape index (κ3) is 3.73. The quantitative estimate of drug-likeness (QED) is 0.890. The Morgan fingerprint density at radius 1 is 1.35 bits per heavy atom. The summed E-state index contributed by atoms with van der Waals surface area (Å²) in [6, 6.07) is 6.55. The predicted molar refractivity (Wildman–Crippen MR) is 75.6 cm³/mol. The number of carboxylic acids is 1. The van der Waals surface area contributed by atoms with E-state index in [4.69, 9.17) is 5.11 Å². The van der Waals surface area contributed by atoms with Crippen molar-refractivity contribution in [2.24, 2.45) is 5.92 Å². The van der Waals surface area contributed by atoms with E-state index in [0.717, 1.165) is 31.5 Å². The second kappa shape index (κ2) is 6.41. The average Bonchev–Trinajstić information content (AvgIpc) is 2.46. The fourth-order valence-corrected chi connectivity index (χ4v) is 2.32. The Hall–Kier alpha value is -2.04. The van der Waals surface area contributed by atoms with Crippen molar-refractivity contribution in [1.82, 2.24) is 10.2 Å². The molecular formula is C15H20N2O3. The molecular weight excluding hydrogens is 256 g/mol. The molecule has 1 aliphatic heterocycles. The summed E-state index contributed by atoms with van der Waals surface area (Å²) in [5, 5.41) is 11.8. The molecule has 0 aromatic heterocycles. The van der Waals surface area contributed by atoms with Crippen LogP contribution in [0.3, 0.4) is 0 Å². The van der Waals surface area contributed by atoms with Gasteiger partial charge in [0, 0.05) is 19.6 Å². The van der Waals surface area contributed by atoms with E-state index >= 15 is 0 Å². The summed E-state index contributed by atoms with van der Waals surface area (Å²) in [6.45, 7) is 4.14. The molecule has 0 bridgehead atoms. The maximum Gasteiger partial charge on any atom is 0.335 e. The van der Waals surface area contributed by atoms with Gasteiger partial charge in [-0.25, -0.2) is 9.59 Å². The summed E-state index contributed by atoms with van der Waals surface area (Å²) in [6.07, 6.45) is 2.09. The molecule has 1 aromatic carbocycles. The first-order valence-corrected chi connectivity index (χ1v) is 6.91. The minimum atomic E-state index is -0.955. The summed E-state index contributed by atoms with van der Waals surface area (Å²) in [5.41, 5.74) is 1.03. The largest absolute Gasteiger partial charge is 0.478 e. The second-order valence-electron chi connectivity index (χ2n) is 5.33. The van der Waals surface area contributed by atoms with Gasteiger partial charge in [-0.2, -0.15) is 0 Å². The highest BCUT2D eigenvalue weighted by Crippen LogP contribution is 2.15. The van der Waals surface area contributed by atoms with Gasteiger partial charge in [0.05, 0.1) is 5.56 Å². The molecule has 1 fully saturated rings. The molecule has 2 N–H and O–H groups in total. The van der Waals surface area contributed by atoms with Gasteiger partial charge in [0.25, 0.3) is 0 Å². The van der Waals surface area contributed by atoms with Crippen LogP contribution in [0.5, 0.6) is 0 Å². The van der Waals surface area contributed by atoms with Gasteiger partial charge in [0.15, 0.2) is 0 Å². The number of hydrogen-bond donors (Lipinski definition) is 2. The van der Waals surface area contributed by atoms with E-state index in [-0.39, 0.29) is 11.6 Å². The van der Waals surface area contributed by atoms with E-state index < -0.39 is 5.97 Å². The van der Waals surface area contributed by atoms with Crippen LogP contribution in [0, 0.1) is 5.92 Å². The minimum Gasteiger partial charge on any atom is -0.478 e. The van der Waals surface area contributed by atoms with Crippen LogP contribution in [0.2, 0.25) is 0 Å². The van der Waals surface area contributed by atoms with E-state index in [2.05, 4.69) is 12.2 Å². The van der Waals surface area contributed by atoms with Crippen molar-refractivity contribution < 1.29 is 14.7 Å². The van der Waals surface area contributed by atoms with Crippen molar-refractivity contribution in [2.75, 3.05) is 13.1 Å². The number of aromatic carboxylic acids is 1. The fraction of sp³-hybridized carbons (Fsp3) is 0.467. The second-order valence-corrected chi connectivity index (χ2v) is 5.33. The molecule has 0 saturated carbocycles. The minimum absolute atomic E-state index is 0.0716. The lowest BCUT2D eigenvalue weighted by Crippen LogP contribution is -2.43. The van der Waals surface area contributed by atoms with E-state index in [1.54, 1.807) is 18.2 Å². The summed E-state index contributed by atoms with van der Waals surface area (Å²) in [5.74, 6) is -0.269. The number of hydrogen-bond acceptors (Lipinski definition) is 2. The van der Waals surface area contributed by atoms with Crippen LogP contribution < -0.4 is 5.32 Å². The molecule has 1 aromatic rings. The number of amides is 2. The van der Waals surface area contributed by atoms with Crippen molar-refractivity contribution in [1.29, 1.82) is 0 Å². The van der Waals surface area contributed by atoms with E-state index in [0.29, 0.717) is 12.5 Å². The number of rotatable bonds is 3. The molecule has 1 saturated heterocycles. The first-order valence-electron chi connectivity index (χ1n) is 6.91. The van der Waals surface area contributed by atoms with Crippen LogP contribution >= 0.6 is 0 Å². The lowest BCUT2D eigenvalue weighted by Gasteiger charge is -2.30. The van der Waals surface area contributed by atoms with Crippen LogP contribution in [0.15, 0.2) is 24.3 Å². The van der Waals surface area contributed by atoms with Crippen LogP contribution in [-0.2, 0) is 6.54 Å². The van der Waals surface area contributed by atoms with Crippen molar-refractivity contribution >= 4 is 12.0 Å². The number of nitrogens with one attached hydrogen (secondary N) is 1. The monoisotopic (exact) mass is 276 g/mol. The number of benzene rings is 1. The molecule has 1 aliphatic rings. The van der Waals surface area contributed by atoms with Crippen molar-refractivity contribution in [2.45, 2.75) is 26.3 Å². The first kappa shape index (κ1) is 14.4. The van der Waals surface area contributed by atoms with Crippen molar-refractivity contribution in [3.8, 4) is 0 Å². The Balaban J connectivity index is 1.87. The van der Waals surface area contributed by atoms with Gasteiger partial charge >= 0.3 is 12.0 Å². The average molecular weight is 276 g/mol. The van der Waals surface area contributed by atoms with Gasteiger partial charge in [-0.05, 0) is 36.5 Å². The lowest BCUT2D eigenvalue weighted by atomic mass is 10.00. The number of carbonyl (C=O) groups excluding carboxylic acids is 1. The van der Waals surface area contributed by atoms with Crippen LogP contribution in [0.25, 0.3) is 0 Å². The fourth-order valence-electron chi connectivity index (χ4n) is 2.32. The van der Waals surface area contributed by atoms with Gasteiger partial charge in [-0.1, -0.05) is 19.1 Å². The number of carbonyl (C=O) groups is 2. The molecule has 20 heavy (non-hydrogen) atoms. The maximum absolute atomic E-state index is 12.0. The van der Waals surface area contributed by atoms with Gasteiger partial charge < -0.3 is 15.3 Å². The number of piperidine rings is 1. The Bertz CT molecular complexity index is 494. The number of nitrogens with zero attached hydrogens (tertiary/aromatic N) is 1. The molecule has 2 rings (SSSR count). The molecule has 5 nitrogen and oxygen atoms in total. The summed E-state index contributed by atoms with van der Waals surface area (Å²) in [7, 11) is 0. The van der Waals surface area contributed by atoms with Gasteiger partial charge in [0.1, 0.15) is 0 Å². The molecule has 2 amide bonds. The smallest absolute Gasteiger partial charge is 0.335 e. The van der Waals surface area contributed by atoms with Crippen LogP contribution in [-0.4, -0.2) is 35.1 Å². The Labute approximate surface area is 118 Å². The third-order valence-electron chi connectivity index (χ3n) is 3.69. The van der Waals surface area contributed by atoms with Crippen LogP contribution in [0.4, 0.5) is 4.79 Å². The number of urea groups is 1. The Kier molecular flexibility index (Phi) is 4.61. The molecule has 5 heteroatoms. The normalized spacial score (nSPS) is 15.9. The van der Waals surface area contributed by atoms with Gasteiger partial charge in [-0.15, -0.1) is 0 Å². The van der Waals surface area contributed by atoms with Gasteiger partial charge in [-0.3, -0.25) is 0 Å². The highest BCUT2D eigenvalue weighted by atomic mass is 16.4. The van der Waals surface area contributed by atoms with E-state index in [9.17, 15) is 9.59 Å². The highest BCUT2D eigenvalue weighted by Gasteiger charge is 2.19. The predicted octanol–water partition coefficient (Wildman–Crippen LogP) is 2.33. The maximum atomic E-state index is 12.0. The standard InChI is InChI=1S/C15H20N2O3/c1-11-5-7-17(8-6-11)15(20)16-10-12-3-2-4-13(9-12)14(18)19/h2-4,9,11H,5-8,10H2,1H3,(H,16,20)(H,18,19). The molecule has 0 aliphatic carbocycles. The zero-order chi connectivity index (χ0) is 14.5. The molecule has 0 unspecified atom stereocenters. The third-order valence-corrected chi connectivity index (χ3v) is 3.69. The summed E-state index contributed by atoms with van der Waals surface area (Å²) in [4.78, 5) is 24.7. The van der Waals surface area contributed by atoms with Crippen molar-refractivity contribution in [3.05, 3.63) is 35.4 Å². The molecule has 1 heterocycles. The Morgan fingerprint density at radius 2 is 2.05 bits per heavy atom. The summed E-state index contributed by atoms with van der Waals surface area (Å²) >= 11 is 0. The lowest BCUT2D eigenvalue weighted by molar-refractivity contribution is 0.0696. The molecule has 108 valence electrons. The molecule has 0 spiro atoms. The topological polar surface area (TPSA) is 69.6 Å². The van der Waals surface area contributed by atoms with Crippen LogP contribution in [0.1, 0.15) is 35.7 Å². The summed E-state index contributed by atoms with van der Waals surface area (Å²) < 4.78 is 0. The first-order chi connectivity index (χ1) is 9.56. The van der Waals surface area contributed by atoms with Crippen molar-refractivity contribution in [3.63, 3.8) is 0 Å². The SMILES string of the molecule is CC1CCN(C(=O)NCc2cccc(C(=O)O)c2)CC1. The van der Waals surface area contributed by atoms with E-state index in [1.807, 2.05) is 11.0 Å². The van der Waals surface area contributed by atoms with E-state index in [1.165, 1.54) is 0 Å². The molecule has 0 radical (unpaired) electrons. The zero-order valence-electron chi connectivity index (χ0n) is 11.6.